The molecule has 44 heavy (non-hydrogen) atoms. The minimum atomic E-state index is -0.452. The predicted molar refractivity (Wildman–Crippen MR) is 170 cm³/mol. The molecule has 1 saturated heterocycles. The van der Waals surface area contributed by atoms with Gasteiger partial charge in [0.15, 0.2) is 5.82 Å². The Morgan fingerprint density at radius 1 is 1.09 bits per heavy atom. The molecule has 0 bridgehead atoms. The van der Waals surface area contributed by atoms with Gasteiger partial charge >= 0.3 is 0 Å². The Morgan fingerprint density at radius 3 is 2.55 bits per heavy atom. The molecule has 11 nitrogen and oxygen atoms in total. The summed E-state index contributed by atoms with van der Waals surface area (Å²) >= 11 is 0. The minimum Gasteiger partial charge on any atom is -0.383 e. The Bertz CT molecular complexity index is 1620. The number of anilines is 4. The van der Waals surface area contributed by atoms with Crippen LogP contribution in [0.15, 0.2) is 48.9 Å². The van der Waals surface area contributed by atoms with Gasteiger partial charge in [-0.1, -0.05) is 19.9 Å². The molecule has 0 spiro atoms. The van der Waals surface area contributed by atoms with E-state index in [1.165, 1.54) is 12.4 Å². The van der Waals surface area contributed by atoms with Crippen molar-refractivity contribution in [3.05, 3.63) is 77.0 Å². The van der Waals surface area contributed by atoms with Gasteiger partial charge in [0.25, 0.3) is 11.8 Å². The van der Waals surface area contributed by atoms with Crippen LogP contribution in [0.1, 0.15) is 52.6 Å². The SMILES string of the molecule is CC.COC[C@H](C)NC(=O)c1cn2ncnc(Nc3cc(NC(=O)c4ccc(N5CCOCC5)c(F)c4)ccc3C)c2c1C. The Labute approximate surface area is 256 Å². The van der Waals surface area contributed by atoms with Crippen LogP contribution in [0.2, 0.25) is 0 Å². The molecule has 0 saturated carbocycles. The number of aromatic nitrogens is 3. The first-order valence-corrected chi connectivity index (χ1v) is 14.7. The highest BCUT2D eigenvalue weighted by Crippen LogP contribution is 2.29. The van der Waals surface area contributed by atoms with E-state index in [1.54, 1.807) is 42.1 Å². The summed E-state index contributed by atoms with van der Waals surface area (Å²) in [6, 6.07) is 9.76. The summed E-state index contributed by atoms with van der Waals surface area (Å²) in [6.45, 7) is 12.3. The van der Waals surface area contributed by atoms with Crippen LogP contribution in [0.5, 0.6) is 0 Å². The van der Waals surface area contributed by atoms with Crippen LogP contribution in [0.25, 0.3) is 5.52 Å². The summed E-state index contributed by atoms with van der Waals surface area (Å²) < 4.78 is 27.0. The van der Waals surface area contributed by atoms with Gasteiger partial charge in [0, 0.05) is 49.4 Å². The van der Waals surface area contributed by atoms with E-state index < -0.39 is 11.7 Å². The zero-order valence-corrected chi connectivity index (χ0v) is 26.0. The van der Waals surface area contributed by atoms with Crippen LogP contribution in [0, 0.1) is 19.7 Å². The van der Waals surface area contributed by atoms with Crippen molar-refractivity contribution in [1.82, 2.24) is 19.9 Å². The second kappa shape index (κ2) is 14.8. The van der Waals surface area contributed by atoms with Gasteiger partial charge in [0.1, 0.15) is 17.7 Å². The van der Waals surface area contributed by atoms with Gasteiger partial charge in [-0.2, -0.15) is 5.10 Å². The maximum absolute atomic E-state index is 14.9. The molecule has 2 amide bonds. The summed E-state index contributed by atoms with van der Waals surface area (Å²) in [7, 11) is 1.58. The Hall–Kier alpha value is -4.55. The third-order valence-corrected chi connectivity index (χ3v) is 7.18. The fourth-order valence-corrected chi connectivity index (χ4v) is 4.95. The molecule has 1 fully saturated rings. The largest absolute Gasteiger partial charge is 0.383 e. The third-order valence-electron chi connectivity index (χ3n) is 7.18. The highest BCUT2D eigenvalue weighted by Gasteiger charge is 2.20. The number of hydrogen-bond donors (Lipinski definition) is 3. The monoisotopic (exact) mass is 605 g/mol. The van der Waals surface area contributed by atoms with Crippen LogP contribution < -0.4 is 20.9 Å². The van der Waals surface area contributed by atoms with Gasteiger partial charge in [0.05, 0.1) is 31.1 Å². The van der Waals surface area contributed by atoms with E-state index in [4.69, 9.17) is 9.47 Å². The fraction of sp³-hybridized carbons (Fsp3) is 0.375. The van der Waals surface area contributed by atoms with Crippen LogP contribution in [0.4, 0.5) is 27.3 Å². The summed E-state index contributed by atoms with van der Waals surface area (Å²) in [6.07, 6.45) is 3.07. The lowest BCUT2D eigenvalue weighted by atomic mass is 10.1. The van der Waals surface area contributed by atoms with Crippen LogP contribution in [-0.4, -0.2) is 72.5 Å². The molecule has 0 aliphatic carbocycles. The molecule has 1 atom stereocenters. The van der Waals surface area contributed by atoms with Gasteiger partial charge in [-0.3, -0.25) is 9.59 Å². The zero-order chi connectivity index (χ0) is 31.8. The first kappa shape index (κ1) is 32.4. The van der Waals surface area contributed by atoms with Gasteiger partial charge in [0.2, 0.25) is 0 Å². The molecule has 234 valence electrons. The number of benzene rings is 2. The van der Waals surface area contributed by atoms with E-state index in [9.17, 15) is 14.0 Å². The molecule has 1 aliphatic rings. The van der Waals surface area contributed by atoms with Crippen molar-refractivity contribution >= 4 is 40.2 Å². The molecule has 12 heteroatoms. The molecule has 0 radical (unpaired) electrons. The molecule has 3 heterocycles. The van der Waals surface area contributed by atoms with Crippen molar-refractivity contribution in [2.45, 2.75) is 40.7 Å². The number of amides is 2. The molecule has 2 aromatic carbocycles. The Kier molecular flexibility index (Phi) is 10.9. The lowest BCUT2D eigenvalue weighted by molar-refractivity contribution is 0.0904. The number of carbonyl (C=O) groups excluding carboxylic acids is 2. The number of fused-ring (bicyclic) bond motifs is 1. The molecule has 3 N–H and O–H groups in total. The highest BCUT2D eigenvalue weighted by atomic mass is 19.1. The van der Waals surface area contributed by atoms with Crippen molar-refractivity contribution in [2.24, 2.45) is 0 Å². The van der Waals surface area contributed by atoms with Crippen molar-refractivity contribution in [3.63, 3.8) is 0 Å². The summed E-state index contributed by atoms with van der Waals surface area (Å²) in [5.41, 5.74) is 4.63. The van der Waals surface area contributed by atoms with E-state index in [0.29, 0.717) is 72.4 Å². The minimum absolute atomic E-state index is 0.159. The third kappa shape index (κ3) is 7.32. The zero-order valence-electron chi connectivity index (χ0n) is 26.0. The maximum Gasteiger partial charge on any atom is 0.255 e. The number of aryl methyl sites for hydroxylation is 2. The standard InChI is InChI=1S/C30H34FN7O4.C2H6/c1-18-5-7-22(35-29(39)21-6-8-26(24(31)13-21)37-9-11-42-12-10-37)14-25(18)36-28-27-20(3)23(15-38(27)33-17-32-28)30(40)34-19(2)16-41-4;1-2/h5-8,13-15,17,19H,9-12,16H2,1-4H3,(H,34,40)(H,35,39)(H,32,33,36);1-2H3/t19-;/m0./s1. The number of hydrogen-bond acceptors (Lipinski definition) is 8. The molecular formula is C32H40FN7O4. The van der Waals surface area contributed by atoms with Gasteiger partial charge < -0.3 is 30.3 Å². The van der Waals surface area contributed by atoms with E-state index >= 15 is 0 Å². The summed E-state index contributed by atoms with van der Waals surface area (Å²) in [4.78, 5) is 32.3. The van der Waals surface area contributed by atoms with E-state index in [0.717, 1.165) is 5.56 Å². The molecule has 4 aromatic rings. The van der Waals surface area contributed by atoms with Gasteiger partial charge in [-0.15, -0.1) is 0 Å². The lowest BCUT2D eigenvalue weighted by Gasteiger charge is -2.29. The number of nitrogens with one attached hydrogen (secondary N) is 3. The van der Waals surface area contributed by atoms with Crippen LogP contribution in [-0.2, 0) is 9.47 Å². The van der Waals surface area contributed by atoms with Crippen molar-refractivity contribution < 1.29 is 23.5 Å². The molecule has 0 unspecified atom stereocenters. The smallest absolute Gasteiger partial charge is 0.255 e. The predicted octanol–water partition coefficient (Wildman–Crippen LogP) is 5.11. The Balaban J connectivity index is 0.00000216. The number of methoxy groups -OCH3 is 1. The molecular weight excluding hydrogens is 565 g/mol. The first-order valence-electron chi connectivity index (χ1n) is 14.7. The summed E-state index contributed by atoms with van der Waals surface area (Å²) in [5, 5.41) is 13.4. The number of ether oxygens (including phenoxy) is 2. The van der Waals surface area contributed by atoms with Crippen LogP contribution >= 0.6 is 0 Å². The van der Waals surface area contributed by atoms with Crippen molar-refractivity contribution in [3.8, 4) is 0 Å². The number of nitrogens with zero attached hydrogens (tertiary/aromatic N) is 4. The number of carbonyl (C=O) groups is 2. The van der Waals surface area contributed by atoms with E-state index in [-0.39, 0.29) is 17.5 Å². The lowest BCUT2D eigenvalue weighted by Crippen LogP contribution is -2.36. The van der Waals surface area contributed by atoms with E-state index in [1.807, 2.05) is 45.6 Å². The number of halogens is 1. The maximum atomic E-state index is 14.9. The molecule has 2 aromatic heterocycles. The Morgan fingerprint density at radius 2 is 1.84 bits per heavy atom. The second-order valence-electron chi connectivity index (χ2n) is 10.3. The summed E-state index contributed by atoms with van der Waals surface area (Å²) in [5.74, 6) is -0.613. The van der Waals surface area contributed by atoms with Crippen LogP contribution in [0.3, 0.4) is 0 Å². The normalized spacial score (nSPS) is 13.6. The fourth-order valence-electron chi connectivity index (χ4n) is 4.95. The van der Waals surface area contributed by atoms with Gasteiger partial charge in [-0.05, 0) is 62.2 Å². The topological polar surface area (TPSA) is 122 Å². The quantitative estimate of drug-likeness (QED) is 0.241. The van der Waals surface area contributed by atoms with Gasteiger partial charge in [-0.25, -0.2) is 13.9 Å². The first-order chi connectivity index (χ1) is 21.2. The van der Waals surface area contributed by atoms with Crippen molar-refractivity contribution in [1.29, 1.82) is 0 Å². The average Bonchev–Trinajstić information content (AvgIpc) is 3.37. The average molecular weight is 606 g/mol. The highest BCUT2D eigenvalue weighted by molar-refractivity contribution is 6.05. The van der Waals surface area contributed by atoms with E-state index in [2.05, 4.69) is 26.0 Å². The molecule has 5 rings (SSSR count). The molecule has 1 aliphatic heterocycles. The van der Waals surface area contributed by atoms with Crippen molar-refractivity contribution in [2.75, 3.05) is 55.6 Å². The number of morpholine rings is 1. The second-order valence-corrected chi connectivity index (χ2v) is 10.3. The number of rotatable bonds is 9.